The number of hydrogen-bond acceptors (Lipinski definition) is 1. The van der Waals surface area contributed by atoms with Crippen molar-refractivity contribution in [1.82, 2.24) is 5.32 Å². The second-order valence-corrected chi connectivity index (χ2v) is 5.28. The molecule has 3 atom stereocenters. The third-order valence-electron chi connectivity index (χ3n) is 4.23. The highest BCUT2D eigenvalue weighted by Gasteiger charge is 2.38. The maximum absolute atomic E-state index is 3.35. The highest BCUT2D eigenvalue weighted by molar-refractivity contribution is 4.94. The van der Waals surface area contributed by atoms with Crippen molar-refractivity contribution in [2.45, 2.75) is 45.4 Å². The molecular formula is C14H25N. The number of hydrogen-bond donors (Lipinski definition) is 1. The van der Waals surface area contributed by atoms with Crippen molar-refractivity contribution >= 4 is 0 Å². The molecule has 2 aliphatic carbocycles. The van der Waals surface area contributed by atoms with Crippen molar-refractivity contribution in [3.8, 4) is 0 Å². The molecule has 0 spiro atoms. The lowest BCUT2D eigenvalue weighted by Gasteiger charge is -2.19. The van der Waals surface area contributed by atoms with E-state index in [0.717, 1.165) is 30.8 Å². The molecule has 3 unspecified atom stereocenters. The average Bonchev–Trinajstić information content (AvgIpc) is 2.85. The van der Waals surface area contributed by atoms with Crippen LogP contribution in [0.15, 0.2) is 12.2 Å². The summed E-state index contributed by atoms with van der Waals surface area (Å²) in [6.45, 7) is 4.41. The third-order valence-corrected chi connectivity index (χ3v) is 4.23. The number of rotatable bonds is 6. The maximum atomic E-state index is 3.35. The number of fused-ring (bicyclic) bond motifs is 2. The molecular weight excluding hydrogens is 182 g/mol. The van der Waals surface area contributed by atoms with E-state index < -0.39 is 0 Å². The summed E-state index contributed by atoms with van der Waals surface area (Å²) < 4.78 is 0. The molecule has 2 fully saturated rings. The van der Waals surface area contributed by atoms with Crippen molar-refractivity contribution in [2.24, 2.45) is 17.8 Å². The van der Waals surface area contributed by atoms with Gasteiger partial charge < -0.3 is 5.32 Å². The van der Waals surface area contributed by atoms with Gasteiger partial charge >= 0.3 is 0 Å². The van der Waals surface area contributed by atoms with Crippen molar-refractivity contribution < 1.29 is 0 Å². The highest BCUT2D eigenvalue weighted by atomic mass is 14.8. The zero-order valence-electron chi connectivity index (χ0n) is 10.0. The van der Waals surface area contributed by atoms with Crippen LogP contribution >= 0.6 is 0 Å². The van der Waals surface area contributed by atoms with Crippen LogP contribution in [-0.2, 0) is 0 Å². The molecule has 0 aromatic rings. The molecule has 0 saturated heterocycles. The summed E-state index contributed by atoms with van der Waals surface area (Å²) in [5.41, 5.74) is 0. The van der Waals surface area contributed by atoms with Crippen molar-refractivity contribution in [1.29, 1.82) is 0 Å². The molecule has 1 heteroatoms. The molecule has 2 bridgehead atoms. The molecule has 0 amide bonds. The van der Waals surface area contributed by atoms with Crippen LogP contribution < -0.4 is 5.32 Å². The SMILES string of the molecule is CCNCCC=CCC1CC2CCC1C2. The molecule has 0 aromatic heterocycles. The Bertz CT molecular complexity index is 209. The van der Waals surface area contributed by atoms with Crippen LogP contribution in [0.2, 0.25) is 0 Å². The first-order valence-electron chi connectivity index (χ1n) is 6.76. The Hall–Kier alpha value is -0.300. The minimum Gasteiger partial charge on any atom is -0.317 e. The zero-order chi connectivity index (χ0) is 10.5. The van der Waals surface area contributed by atoms with Crippen LogP contribution in [0.25, 0.3) is 0 Å². The van der Waals surface area contributed by atoms with Gasteiger partial charge in [-0.1, -0.05) is 25.5 Å². The van der Waals surface area contributed by atoms with Crippen LogP contribution in [0.3, 0.4) is 0 Å². The van der Waals surface area contributed by atoms with Gasteiger partial charge in [0, 0.05) is 0 Å². The molecule has 0 aliphatic heterocycles. The summed E-state index contributed by atoms with van der Waals surface area (Å²) in [7, 11) is 0. The van der Waals surface area contributed by atoms with Crippen LogP contribution in [0, 0.1) is 17.8 Å². The first-order chi connectivity index (χ1) is 7.40. The molecule has 2 rings (SSSR count). The van der Waals surface area contributed by atoms with Crippen LogP contribution in [0.1, 0.15) is 45.4 Å². The maximum Gasteiger partial charge on any atom is -0.00144 e. The van der Waals surface area contributed by atoms with Gasteiger partial charge in [-0.3, -0.25) is 0 Å². The van der Waals surface area contributed by atoms with Gasteiger partial charge in [0.2, 0.25) is 0 Å². The predicted molar refractivity (Wildman–Crippen MR) is 65.9 cm³/mol. The normalized spacial score (nSPS) is 34.3. The summed E-state index contributed by atoms with van der Waals surface area (Å²) in [5, 5.41) is 3.35. The van der Waals surface area contributed by atoms with Gasteiger partial charge in [-0.15, -0.1) is 0 Å². The zero-order valence-corrected chi connectivity index (χ0v) is 10.0. The molecule has 2 saturated carbocycles. The molecule has 1 nitrogen and oxygen atoms in total. The third kappa shape index (κ3) is 3.07. The fraction of sp³-hybridized carbons (Fsp3) is 0.857. The van der Waals surface area contributed by atoms with E-state index in [9.17, 15) is 0 Å². The van der Waals surface area contributed by atoms with Gasteiger partial charge in [0.1, 0.15) is 0 Å². The summed E-state index contributed by atoms with van der Waals surface area (Å²) in [6.07, 6.45) is 13.5. The molecule has 0 heterocycles. The highest BCUT2D eigenvalue weighted by Crippen LogP contribution is 2.49. The van der Waals surface area contributed by atoms with E-state index in [0.29, 0.717) is 0 Å². The fourth-order valence-corrected chi connectivity index (χ4v) is 3.42. The minimum atomic E-state index is 1.04. The van der Waals surface area contributed by atoms with Crippen molar-refractivity contribution in [2.75, 3.05) is 13.1 Å². The van der Waals surface area contributed by atoms with Gasteiger partial charge in [0.25, 0.3) is 0 Å². The Labute approximate surface area is 94.3 Å². The van der Waals surface area contributed by atoms with Crippen LogP contribution in [0.4, 0.5) is 0 Å². The lowest BCUT2D eigenvalue weighted by Crippen LogP contribution is -2.13. The van der Waals surface area contributed by atoms with Gasteiger partial charge in [-0.25, -0.2) is 0 Å². The van der Waals surface area contributed by atoms with Gasteiger partial charge in [0.05, 0.1) is 0 Å². The van der Waals surface area contributed by atoms with Crippen molar-refractivity contribution in [3.05, 3.63) is 12.2 Å². The Morgan fingerprint density at radius 1 is 1.20 bits per heavy atom. The molecule has 0 radical (unpaired) electrons. The quantitative estimate of drug-likeness (QED) is 0.520. The van der Waals surface area contributed by atoms with Gasteiger partial charge in [-0.05, 0) is 62.9 Å². The summed E-state index contributed by atoms with van der Waals surface area (Å²) >= 11 is 0. The van der Waals surface area contributed by atoms with E-state index in [1.54, 1.807) is 6.42 Å². The molecule has 0 aromatic carbocycles. The van der Waals surface area contributed by atoms with E-state index in [1.807, 2.05) is 0 Å². The average molecular weight is 207 g/mol. The summed E-state index contributed by atoms with van der Waals surface area (Å²) in [5.74, 6) is 3.24. The van der Waals surface area contributed by atoms with Gasteiger partial charge in [0.15, 0.2) is 0 Å². The van der Waals surface area contributed by atoms with E-state index in [2.05, 4.69) is 24.4 Å². The van der Waals surface area contributed by atoms with E-state index in [4.69, 9.17) is 0 Å². The second-order valence-electron chi connectivity index (χ2n) is 5.28. The van der Waals surface area contributed by atoms with E-state index >= 15 is 0 Å². The summed E-state index contributed by atoms with van der Waals surface area (Å²) in [4.78, 5) is 0. The van der Waals surface area contributed by atoms with E-state index in [1.165, 1.54) is 32.1 Å². The lowest BCUT2D eigenvalue weighted by atomic mass is 9.86. The Morgan fingerprint density at radius 2 is 2.13 bits per heavy atom. The molecule has 2 aliphatic rings. The fourth-order valence-electron chi connectivity index (χ4n) is 3.42. The first kappa shape index (κ1) is 11.2. The Kier molecular flexibility index (Phi) is 4.25. The number of nitrogens with one attached hydrogen (secondary N) is 1. The molecule has 1 N–H and O–H groups in total. The Balaban J connectivity index is 1.58. The van der Waals surface area contributed by atoms with Crippen LogP contribution in [0.5, 0.6) is 0 Å². The topological polar surface area (TPSA) is 12.0 Å². The monoisotopic (exact) mass is 207 g/mol. The second kappa shape index (κ2) is 5.69. The lowest BCUT2D eigenvalue weighted by molar-refractivity contribution is 0.336. The first-order valence-corrected chi connectivity index (χ1v) is 6.76. The minimum absolute atomic E-state index is 1.04. The number of allylic oxidation sites excluding steroid dienone is 1. The molecule has 86 valence electrons. The van der Waals surface area contributed by atoms with Gasteiger partial charge in [-0.2, -0.15) is 0 Å². The smallest absolute Gasteiger partial charge is 0.00144 e. The largest absolute Gasteiger partial charge is 0.317 e. The Morgan fingerprint density at radius 3 is 2.80 bits per heavy atom. The van der Waals surface area contributed by atoms with E-state index in [-0.39, 0.29) is 0 Å². The predicted octanol–water partition coefficient (Wildman–Crippen LogP) is 3.37. The van der Waals surface area contributed by atoms with Crippen molar-refractivity contribution in [3.63, 3.8) is 0 Å². The molecule has 15 heavy (non-hydrogen) atoms. The standard InChI is InChI=1S/C14H25N/c1-2-15-9-5-3-4-6-13-10-12-7-8-14(13)11-12/h3-4,12-15H,2,5-11H2,1H3. The van der Waals surface area contributed by atoms with Crippen LogP contribution in [-0.4, -0.2) is 13.1 Å². The summed E-state index contributed by atoms with van der Waals surface area (Å²) in [6, 6.07) is 0.